The molecule has 0 saturated heterocycles. The molecule has 3 aromatic carbocycles. The molecule has 4 unspecified atom stereocenters. The molecule has 1 aliphatic rings. The number of aromatic carboxylic acids is 1. The maximum Gasteiger partial charge on any atom is 0.335 e. The van der Waals surface area contributed by atoms with Crippen LogP contribution in [0.4, 0.5) is 5.69 Å². The Kier molecular flexibility index (Phi) is 12.5. The first kappa shape index (κ1) is 37.1. The summed E-state index contributed by atoms with van der Waals surface area (Å²) in [6.07, 6.45) is 16.6. The van der Waals surface area contributed by atoms with E-state index in [2.05, 4.69) is 56.0 Å². The molecule has 1 N–H and O–H groups in total. The lowest BCUT2D eigenvalue weighted by atomic mass is 9.83. The van der Waals surface area contributed by atoms with Crippen LogP contribution >= 0.6 is 23.2 Å². The summed E-state index contributed by atoms with van der Waals surface area (Å²) in [7, 11) is 0. The zero-order chi connectivity index (χ0) is 36.5. The smallest absolute Gasteiger partial charge is 0.335 e. The highest BCUT2D eigenvalue weighted by molar-refractivity contribution is 6.23. The molecule has 5 rings (SSSR count). The van der Waals surface area contributed by atoms with Crippen molar-refractivity contribution in [1.29, 1.82) is 0 Å². The number of nitro benzene ring substituents is 1. The zero-order valence-corrected chi connectivity index (χ0v) is 29.9. The van der Waals surface area contributed by atoms with Crippen LogP contribution in [0.15, 0.2) is 122 Å². The number of aromatic nitrogens is 2. The average Bonchev–Trinajstić information content (AvgIpc) is 3.52. The van der Waals surface area contributed by atoms with Gasteiger partial charge in [0.05, 0.1) is 16.2 Å². The molecule has 0 bridgehead atoms. The number of ether oxygens (including phenoxy) is 1. The van der Waals surface area contributed by atoms with E-state index in [0.717, 1.165) is 33.8 Å². The third-order valence-electron chi connectivity index (χ3n) is 8.75. The van der Waals surface area contributed by atoms with Gasteiger partial charge in [0, 0.05) is 42.0 Å². The van der Waals surface area contributed by atoms with Crippen molar-refractivity contribution in [2.45, 2.75) is 38.1 Å². The summed E-state index contributed by atoms with van der Waals surface area (Å²) in [6, 6.07) is 21.2. The number of carboxylic acids is 1. The first-order valence-corrected chi connectivity index (χ1v) is 17.5. The summed E-state index contributed by atoms with van der Waals surface area (Å²) in [5, 5.41) is 20.2. The number of allylic oxidation sites excluding steroid dienone is 6. The molecule has 1 aliphatic carbocycles. The molecule has 0 aliphatic heterocycles. The summed E-state index contributed by atoms with van der Waals surface area (Å²) < 4.78 is 7.98. The second-order valence-corrected chi connectivity index (χ2v) is 13.3. The normalized spacial score (nSPS) is 17.2. The van der Waals surface area contributed by atoms with Gasteiger partial charge in [0.2, 0.25) is 0 Å². The number of nitrogens with zero attached hydrogens (tertiary/aromatic N) is 3. The highest BCUT2D eigenvalue weighted by atomic mass is 35.5. The Morgan fingerprint density at radius 2 is 1.80 bits per heavy atom. The third kappa shape index (κ3) is 9.75. The van der Waals surface area contributed by atoms with E-state index in [-0.39, 0.29) is 40.3 Å². The average molecular weight is 725 g/mol. The van der Waals surface area contributed by atoms with Crippen molar-refractivity contribution in [1.82, 2.24) is 9.55 Å². The second kappa shape index (κ2) is 17.2. The fraction of sp³-hybridized carbons (Fsp3) is 0.220. The van der Waals surface area contributed by atoms with Crippen molar-refractivity contribution < 1.29 is 19.6 Å². The molecular formula is C41H39Cl2N3O5. The van der Waals surface area contributed by atoms with Crippen molar-refractivity contribution in [2.24, 2.45) is 11.8 Å². The second-order valence-electron chi connectivity index (χ2n) is 12.5. The van der Waals surface area contributed by atoms with Crippen molar-refractivity contribution in [2.75, 3.05) is 5.88 Å². The minimum Gasteiger partial charge on any atom is -0.478 e. The lowest BCUT2D eigenvalue weighted by Crippen LogP contribution is -2.11. The molecule has 1 aromatic heterocycles. The standard InChI is InChI=1S/C41H39Cl2N3O5/c1-4-5-38(43)28(3)22-33(24-42)39-26-45(25-30-8-13-32(14-9-30)41(47)48)40(44-39)21-10-29-6-11-31(12-7-29)37-20-19-36(23-27(37)2)51-35-17-15-34(16-18-35)46(49)50/h4,6-23,26-28,37-38H,1,5,24-25H2,2-3H3,(H,47,48)/b21-10+,33-22+. The molecule has 0 spiro atoms. The van der Waals surface area contributed by atoms with Gasteiger partial charge in [-0.25, -0.2) is 9.78 Å². The fourth-order valence-electron chi connectivity index (χ4n) is 5.83. The van der Waals surface area contributed by atoms with Gasteiger partial charge >= 0.3 is 5.97 Å². The van der Waals surface area contributed by atoms with Crippen LogP contribution in [0.5, 0.6) is 5.75 Å². The maximum absolute atomic E-state index is 11.4. The predicted molar refractivity (Wildman–Crippen MR) is 205 cm³/mol. The van der Waals surface area contributed by atoms with Gasteiger partial charge < -0.3 is 14.4 Å². The number of halogens is 2. The van der Waals surface area contributed by atoms with E-state index < -0.39 is 10.9 Å². The maximum atomic E-state index is 11.4. The van der Waals surface area contributed by atoms with Crippen LogP contribution in [0.2, 0.25) is 0 Å². The minimum absolute atomic E-state index is 0.0187. The van der Waals surface area contributed by atoms with Gasteiger partial charge in [-0.2, -0.15) is 0 Å². The SMILES string of the molecule is C=CCC(Cl)C(C)/C=C(\CCl)c1cn(Cc2ccc(C(=O)O)cc2)c(/C=C/c2ccc(C3C=CC(Oc4ccc([N+](=O)[O-])cc4)=CC3C)cc2)n1. The van der Waals surface area contributed by atoms with Crippen molar-refractivity contribution >= 4 is 52.6 Å². The van der Waals surface area contributed by atoms with E-state index in [9.17, 15) is 20.0 Å². The highest BCUT2D eigenvalue weighted by Gasteiger charge is 2.20. The van der Waals surface area contributed by atoms with Gasteiger partial charge in [-0.15, -0.1) is 29.8 Å². The van der Waals surface area contributed by atoms with E-state index in [1.54, 1.807) is 24.3 Å². The Hall–Kier alpha value is -5.18. The zero-order valence-electron chi connectivity index (χ0n) is 28.4. The summed E-state index contributed by atoms with van der Waals surface area (Å²) in [6.45, 7) is 8.46. The monoisotopic (exact) mass is 723 g/mol. The van der Waals surface area contributed by atoms with Crippen LogP contribution in [0, 0.1) is 22.0 Å². The quantitative estimate of drug-likeness (QED) is 0.0566. The fourth-order valence-corrected chi connectivity index (χ4v) is 6.26. The Morgan fingerprint density at radius 3 is 2.41 bits per heavy atom. The number of carbonyl (C=O) groups is 1. The van der Waals surface area contributed by atoms with Crippen molar-refractivity contribution in [3.8, 4) is 5.75 Å². The Balaban J connectivity index is 1.33. The molecule has 1 heterocycles. The lowest BCUT2D eigenvalue weighted by Gasteiger charge is -2.23. The molecule has 4 atom stereocenters. The van der Waals surface area contributed by atoms with E-state index >= 15 is 0 Å². The number of alkyl halides is 2. The number of rotatable bonds is 15. The molecular weight excluding hydrogens is 685 g/mol. The van der Waals surface area contributed by atoms with Crippen LogP contribution in [-0.4, -0.2) is 36.8 Å². The molecule has 0 fully saturated rings. The number of hydrogen-bond acceptors (Lipinski definition) is 5. The Bertz CT molecular complexity index is 1980. The van der Waals surface area contributed by atoms with E-state index in [1.807, 2.05) is 54.1 Å². The van der Waals surface area contributed by atoms with Gasteiger partial charge in [-0.05, 0) is 83.0 Å². The molecule has 8 nitrogen and oxygen atoms in total. The van der Waals surface area contributed by atoms with Gasteiger partial charge in [0.15, 0.2) is 0 Å². The van der Waals surface area contributed by atoms with Crippen LogP contribution in [0.25, 0.3) is 17.7 Å². The van der Waals surface area contributed by atoms with Crippen LogP contribution in [-0.2, 0) is 6.54 Å². The third-order valence-corrected chi connectivity index (χ3v) is 9.62. The van der Waals surface area contributed by atoms with Gasteiger partial charge in [0.1, 0.15) is 17.3 Å². The van der Waals surface area contributed by atoms with Crippen molar-refractivity contribution in [3.05, 3.63) is 166 Å². The number of nitro groups is 1. The van der Waals surface area contributed by atoms with Crippen molar-refractivity contribution in [3.63, 3.8) is 0 Å². The number of imidazole rings is 1. The molecule has 4 aromatic rings. The molecule has 51 heavy (non-hydrogen) atoms. The van der Waals surface area contributed by atoms with Crippen LogP contribution < -0.4 is 4.74 Å². The number of hydrogen-bond donors (Lipinski definition) is 1. The first-order valence-electron chi connectivity index (χ1n) is 16.6. The first-order chi connectivity index (χ1) is 24.5. The predicted octanol–water partition coefficient (Wildman–Crippen LogP) is 10.4. The number of benzene rings is 3. The van der Waals surface area contributed by atoms with Gasteiger partial charge in [-0.3, -0.25) is 10.1 Å². The van der Waals surface area contributed by atoms with Gasteiger partial charge in [-0.1, -0.05) is 74.5 Å². The van der Waals surface area contributed by atoms with E-state index in [0.29, 0.717) is 24.5 Å². The summed E-state index contributed by atoms with van der Waals surface area (Å²) in [5.74, 6) is 1.63. The Morgan fingerprint density at radius 1 is 1.10 bits per heavy atom. The minimum atomic E-state index is -0.968. The highest BCUT2D eigenvalue weighted by Crippen LogP contribution is 2.33. The number of carboxylic acid groups (broad SMARTS) is 1. The molecule has 0 radical (unpaired) electrons. The Labute approximate surface area is 307 Å². The summed E-state index contributed by atoms with van der Waals surface area (Å²) in [5.41, 5.74) is 4.98. The van der Waals surface area contributed by atoms with E-state index in [4.69, 9.17) is 32.9 Å². The summed E-state index contributed by atoms with van der Waals surface area (Å²) >= 11 is 13.0. The molecule has 10 heteroatoms. The van der Waals surface area contributed by atoms with E-state index in [1.165, 1.54) is 12.1 Å². The molecule has 0 saturated carbocycles. The lowest BCUT2D eigenvalue weighted by molar-refractivity contribution is -0.384. The van der Waals surface area contributed by atoms with Gasteiger partial charge in [0.25, 0.3) is 5.69 Å². The topological polar surface area (TPSA) is 107 Å². The molecule has 0 amide bonds. The largest absolute Gasteiger partial charge is 0.478 e. The number of non-ortho nitro benzene ring substituents is 1. The molecule has 262 valence electrons. The van der Waals surface area contributed by atoms with Crippen LogP contribution in [0.1, 0.15) is 64.8 Å². The van der Waals surface area contributed by atoms with Crippen LogP contribution in [0.3, 0.4) is 0 Å². The summed E-state index contributed by atoms with van der Waals surface area (Å²) in [4.78, 5) is 26.8.